The van der Waals surface area contributed by atoms with Gasteiger partial charge in [-0.1, -0.05) is 24.3 Å². The maximum absolute atomic E-state index is 13.6. The van der Waals surface area contributed by atoms with Crippen molar-refractivity contribution in [2.75, 3.05) is 17.2 Å². The van der Waals surface area contributed by atoms with E-state index >= 15 is 0 Å². The average Bonchev–Trinajstić information content (AvgIpc) is 3.67. The Kier molecular flexibility index (Phi) is 7.67. The van der Waals surface area contributed by atoms with Gasteiger partial charge in [0.05, 0.1) is 16.8 Å². The van der Waals surface area contributed by atoms with Crippen LogP contribution in [0.15, 0.2) is 35.4 Å². The second-order valence-electron chi connectivity index (χ2n) is 9.88. The van der Waals surface area contributed by atoms with E-state index in [0.29, 0.717) is 19.5 Å². The molecule has 0 fully saturated rings. The van der Waals surface area contributed by atoms with Gasteiger partial charge >= 0.3 is 6.03 Å². The number of nitrogens with two attached hydrogens (primary N) is 1. The fourth-order valence-corrected chi connectivity index (χ4v) is 6.57. The van der Waals surface area contributed by atoms with Crippen molar-refractivity contribution in [3.63, 3.8) is 0 Å². The van der Waals surface area contributed by atoms with Crippen LogP contribution in [0.1, 0.15) is 54.9 Å². The van der Waals surface area contributed by atoms with Gasteiger partial charge in [-0.25, -0.2) is 17.9 Å². The van der Waals surface area contributed by atoms with Crippen LogP contribution in [0.25, 0.3) is 11.3 Å². The lowest BCUT2D eigenvalue weighted by Crippen LogP contribution is -2.35. The zero-order valence-corrected chi connectivity index (χ0v) is 22.7. The minimum absolute atomic E-state index is 0.153. The molecule has 1 aromatic heterocycles. The normalized spacial score (nSPS) is 14.1. The van der Waals surface area contributed by atoms with Crippen molar-refractivity contribution in [2.45, 2.75) is 69.7 Å². The zero-order valence-electron chi connectivity index (χ0n) is 21.9. The number of nitrogens with zero attached hydrogens (tertiary/aromatic N) is 3. The summed E-state index contributed by atoms with van der Waals surface area (Å²) < 4.78 is 31.0. The number of sulfonamides is 1. The summed E-state index contributed by atoms with van der Waals surface area (Å²) in [6.07, 6.45) is 8.12. The number of amides is 3. The van der Waals surface area contributed by atoms with Crippen LogP contribution < -0.4 is 21.1 Å². The molecule has 1 heterocycles. The Bertz CT molecular complexity index is 1500. The number of anilines is 2. The van der Waals surface area contributed by atoms with Crippen molar-refractivity contribution in [3.05, 3.63) is 52.7 Å². The molecule has 0 saturated carbocycles. The van der Waals surface area contributed by atoms with Gasteiger partial charge in [0.15, 0.2) is 0 Å². The van der Waals surface area contributed by atoms with Crippen molar-refractivity contribution in [3.8, 4) is 11.3 Å². The minimum atomic E-state index is -4.37. The SMILES string of the molecule is CCC(=O)Nc1cccc(S(=O)(=O)NC(=O)Nc2c3c(cc4c2CCC4)CCC3)c1-c1cn(CCCN)nn1. The third kappa shape index (κ3) is 5.52. The van der Waals surface area contributed by atoms with Gasteiger partial charge in [0.1, 0.15) is 5.69 Å². The van der Waals surface area contributed by atoms with Crippen LogP contribution in [-0.2, 0) is 47.0 Å². The molecule has 0 bridgehead atoms. The highest BCUT2D eigenvalue weighted by molar-refractivity contribution is 7.90. The van der Waals surface area contributed by atoms with Crippen LogP contribution in [0.5, 0.6) is 0 Å². The molecule has 5 N–H and O–H groups in total. The highest BCUT2D eigenvalue weighted by atomic mass is 32.2. The number of urea groups is 1. The van der Waals surface area contributed by atoms with Gasteiger partial charge in [0.25, 0.3) is 10.0 Å². The number of aryl methyl sites for hydroxylation is 3. The van der Waals surface area contributed by atoms with Gasteiger partial charge < -0.3 is 16.4 Å². The summed E-state index contributed by atoms with van der Waals surface area (Å²) in [6.45, 7) is 2.66. The van der Waals surface area contributed by atoms with Crippen molar-refractivity contribution >= 4 is 33.3 Å². The van der Waals surface area contributed by atoms with E-state index in [1.807, 2.05) is 0 Å². The van der Waals surface area contributed by atoms with E-state index in [1.165, 1.54) is 23.3 Å². The smallest absolute Gasteiger partial charge is 0.330 e. The molecule has 0 radical (unpaired) electrons. The molecule has 0 aliphatic heterocycles. The van der Waals surface area contributed by atoms with Crippen molar-refractivity contribution in [2.24, 2.45) is 5.73 Å². The molecular weight excluding hydrogens is 518 g/mol. The summed E-state index contributed by atoms with van der Waals surface area (Å²) in [7, 11) is -4.37. The number of hydrogen-bond acceptors (Lipinski definition) is 7. The Balaban J connectivity index is 1.48. The Morgan fingerprint density at radius 2 is 1.77 bits per heavy atom. The molecule has 2 aliphatic rings. The Morgan fingerprint density at radius 1 is 1.05 bits per heavy atom. The molecule has 39 heavy (non-hydrogen) atoms. The molecule has 12 heteroatoms. The second kappa shape index (κ2) is 11.1. The van der Waals surface area contributed by atoms with Gasteiger partial charge in [-0.3, -0.25) is 9.48 Å². The number of carbonyl (C=O) groups is 2. The standard InChI is InChI=1S/C27H33N7O4S/c1-2-24(35)29-21-11-5-12-23(25(21)22-16-34(33-31-22)14-6-13-28)39(37,38)32-27(36)30-26-19-9-3-7-17(19)15-18-8-4-10-20(18)26/h5,11-12,15-16H,2-4,6-10,13-14,28H2,1H3,(H,29,35)(H2,30,32,36). The minimum Gasteiger partial charge on any atom is -0.330 e. The predicted molar refractivity (Wildman–Crippen MR) is 148 cm³/mol. The van der Waals surface area contributed by atoms with Crippen LogP contribution in [-0.4, -0.2) is 41.9 Å². The molecule has 3 aromatic rings. The maximum Gasteiger partial charge on any atom is 0.333 e. The number of rotatable bonds is 9. The predicted octanol–water partition coefficient (Wildman–Crippen LogP) is 3.13. The maximum atomic E-state index is 13.6. The van der Waals surface area contributed by atoms with Crippen molar-refractivity contribution in [1.29, 1.82) is 0 Å². The third-order valence-corrected chi connectivity index (χ3v) is 8.61. The lowest BCUT2D eigenvalue weighted by molar-refractivity contribution is -0.115. The largest absolute Gasteiger partial charge is 0.333 e. The summed E-state index contributed by atoms with van der Waals surface area (Å²) in [4.78, 5) is 25.2. The van der Waals surface area contributed by atoms with Crippen LogP contribution in [0.4, 0.5) is 16.2 Å². The highest BCUT2D eigenvalue weighted by Gasteiger charge is 2.29. The number of aromatic nitrogens is 3. The van der Waals surface area contributed by atoms with E-state index in [-0.39, 0.29) is 34.2 Å². The average molecular weight is 552 g/mol. The fraction of sp³-hybridized carbons (Fsp3) is 0.407. The van der Waals surface area contributed by atoms with Crippen molar-refractivity contribution < 1.29 is 18.0 Å². The number of fused-ring (bicyclic) bond motifs is 2. The summed E-state index contributed by atoms with van der Waals surface area (Å²) in [5, 5.41) is 13.9. The molecule has 0 atom stereocenters. The summed E-state index contributed by atoms with van der Waals surface area (Å²) in [5.74, 6) is -0.293. The van der Waals surface area contributed by atoms with E-state index < -0.39 is 16.1 Å². The molecule has 0 spiro atoms. The molecule has 2 aliphatic carbocycles. The first-order valence-corrected chi connectivity index (χ1v) is 14.8. The molecule has 3 amide bonds. The topological polar surface area (TPSA) is 161 Å². The van der Waals surface area contributed by atoms with Gasteiger partial charge in [0, 0.05) is 24.2 Å². The molecule has 2 aromatic carbocycles. The van der Waals surface area contributed by atoms with Crippen LogP contribution in [0, 0.1) is 0 Å². The van der Waals surface area contributed by atoms with Crippen LogP contribution >= 0.6 is 0 Å². The molecule has 11 nitrogen and oxygen atoms in total. The van der Waals surface area contributed by atoms with E-state index in [4.69, 9.17) is 5.73 Å². The second-order valence-corrected chi connectivity index (χ2v) is 11.5. The first-order valence-electron chi connectivity index (χ1n) is 13.3. The van der Waals surface area contributed by atoms with E-state index in [1.54, 1.807) is 23.9 Å². The number of benzene rings is 2. The van der Waals surface area contributed by atoms with Gasteiger partial charge in [0.2, 0.25) is 5.91 Å². The molecule has 206 valence electrons. The monoisotopic (exact) mass is 551 g/mol. The van der Waals surface area contributed by atoms with Gasteiger partial charge in [-0.05, 0) is 85.9 Å². The number of hydrogen-bond donors (Lipinski definition) is 4. The quantitative estimate of drug-likeness (QED) is 0.318. The van der Waals surface area contributed by atoms with E-state index in [0.717, 1.165) is 55.3 Å². The van der Waals surface area contributed by atoms with Crippen LogP contribution in [0.2, 0.25) is 0 Å². The molecular formula is C27H33N7O4S. The first kappa shape index (κ1) is 26.8. The lowest BCUT2D eigenvalue weighted by atomic mass is 9.99. The van der Waals surface area contributed by atoms with Crippen LogP contribution in [0.3, 0.4) is 0 Å². The Hall–Kier alpha value is -3.77. The Labute approximate surface area is 227 Å². The van der Waals surface area contributed by atoms with E-state index in [2.05, 4.69) is 31.7 Å². The third-order valence-electron chi connectivity index (χ3n) is 7.24. The molecule has 0 unspecified atom stereocenters. The van der Waals surface area contributed by atoms with Gasteiger partial charge in [-0.2, -0.15) is 0 Å². The number of carbonyl (C=O) groups excluding carboxylic acids is 2. The van der Waals surface area contributed by atoms with Gasteiger partial charge in [-0.15, -0.1) is 5.10 Å². The summed E-state index contributed by atoms with van der Waals surface area (Å²) in [6, 6.07) is 5.90. The highest BCUT2D eigenvalue weighted by Crippen LogP contribution is 2.39. The van der Waals surface area contributed by atoms with E-state index in [9.17, 15) is 18.0 Å². The summed E-state index contributed by atoms with van der Waals surface area (Å²) in [5.41, 5.74) is 11.7. The molecule has 0 saturated heterocycles. The molecule has 5 rings (SSSR count). The van der Waals surface area contributed by atoms with Crippen molar-refractivity contribution in [1.82, 2.24) is 19.7 Å². The Morgan fingerprint density at radius 3 is 2.44 bits per heavy atom. The zero-order chi connectivity index (χ0) is 27.6. The summed E-state index contributed by atoms with van der Waals surface area (Å²) >= 11 is 0. The first-order chi connectivity index (χ1) is 18.8. The lowest BCUT2D eigenvalue weighted by Gasteiger charge is -2.18. The number of nitrogens with one attached hydrogen (secondary N) is 3. The fourth-order valence-electron chi connectivity index (χ4n) is 5.42.